The minimum atomic E-state index is -3.93. The molecule has 0 saturated carbocycles. The van der Waals surface area contributed by atoms with Gasteiger partial charge in [0.25, 0.3) is 5.91 Å². The minimum absolute atomic E-state index is 0.0807. The molecule has 1 fully saturated rings. The van der Waals surface area contributed by atoms with Gasteiger partial charge in [0, 0.05) is 40.7 Å². The summed E-state index contributed by atoms with van der Waals surface area (Å²) in [6.07, 6.45) is 1.28. The predicted octanol–water partition coefficient (Wildman–Crippen LogP) is 5.38. The number of piperidine rings is 1. The van der Waals surface area contributed by atoms with Gasteiger partial charge in [0.15, 0.2) is 0 Å². The van der Waals surface area contributed by atoms with Gasteiger partial charge in [-0.25, -0.2) is 13.2 Å². The summed E-state index contributed by atoms with van der Waals surface area (Å²) < 4.78 is 34.8. The number of benzene rings is 3. The number of sulfonamides is 1. The van der Waals surface area contributed by atoms with Crippen molar-refractivity contribution in [2.75, 3.05) is 20.2 Å². The number of esters is 1. The lowest BCUT2D eigenvalue weighted by atomic mass is 10.0. The Morgan fingerprint density at radius 1 is 1.00 bits per heavy atom. The van der Waals surface area contributed by atoms with Gasteiger partial charge in [0.1, 0.15) is 0 Å². The maximum absolute atomic E-state index is 13.9. The molecule has 1 atom stereocenters. The lowest BCUT2D eigenvalue weighted by Crippen LogP contribution is -2.51. The summed E-state index contributed by atoms with van der Waals surface area (Å²) in [5.74, 6) is -0.602. The van der Waals surface area contributed by atoms with Crippen LogP contribution in [0.1, 0.15) is 39.1 Å². The molecule has 0 aliphatic carbocycles. The molecular weight excluding hydrogens is 580 g/mol. The van der Waals surface area contributed by atoms with E-state index in [1.807, 2.05) is 12.1 Å². The maximum Gasteiger partial charge on any atom is 0.337 e. The number of amides is 1. The molecule has 1 amide bonds. The Morgan fingerprint density at radius 2 is 1.62 bits per heavy atom. The molecular formula is C27H26BrClN2O5S. The van der Waals surface area contributed by atoms with E-state index in [2.05, 4.69) is 15.9 Å². The Labute approximate surface area is 230 Å². The van der Waals surface area contributed by atoms with E-state index in [1.54, 1.807) is 53.4 Å². The molecule has 1 saturated heterocycles. The number of nitrogens with zero attached hydrogens (tertiary/aromatic N) is 2. The van der Waals surface area contributed by atoms with Crippen molar-refractivity contribution in [3.05, 3.63) is 99.0 Å². The average molecular weight is 606 g/mol. The van der Waals surface area contributed by atoms with E-state index in [0.717, 1.165) is 4.47 Å². The van der Waals surface area contributed by atoms with E-state index in [0.29, 0.717) is 41.1 Å². The number of hydrogen-bond acceptors (Lipinski definition) is 5. The molecule has 4 rings (SSSR count). The van der Waals surface area contributed by atoms with Crippen molar-refractivity contribution in [2.45, 2.75) is 30.3 Å². The van der Waals surface area contributed by atoms with Crippen LogP contribution in [0.2, 0.25) is 5.02 Å². The van der Waals surface area contributed by atoms with Crippen LogP contribution in [-0.4, -0.2) is 55.7 Å². The van der Waals surface area contributed by atoms with Crippen LogP contribution in [0.15, 0.2) is 82.2 Å². The summed E-state index contributed by atoms with van der Waals surface area (Å²) in [4.78, 5) is 26.9. The zero-order chi connectivity index (χ0) is 26.6. The number of ether oxygens (including phenoxy) is 1. The lowest BCUT2D eigenvalue weighted by Gasteiger charge is -2.38. The predicted molar refractivity (Wildman–Crippen MR) is 145 cm³/mol. The normalized spacial score (nSPS) is 16.0. The molecule has 7 nitrogen and oxygen atoms in total. The molecule has 3 aromatic rings. The molecule has 0 radical (unpaired) electrons. The van der Waals surface area contributed by atoms with Gasteiger partial charge in [-0.3, -0.25) is 4.79 Å². The van der Waals surface area contributed by atoms with Gasteiger partial charge < -0.3 is 9.64 Å². The molecule has 37 heavy (non-hydrogen) atoms. The topological polar surface area (TPSA) is 84.0 Å². The third-order valence-electron chi connectivity index (χ3n) is 6.32. The molecule has 0 aromatic heterocycles. The SMILES string of the molecule is COC(=O)c1ccc(CN(C2CCCN(C(=O)c3ccc(Br)cc3)C2)S(=O)(=O)c2ccc(Cl)cc2)cc1. The molecule has 1 unspecified atom stereocenters. The van der Waals surface area contributed by atoms with Crippen molar-refractivity contribution in [2.24, 2.45) is 0 Å². The minimum Gasteiger partial charge on any atom is -0.465 e. The van der Waals surface area contributed by atoms with Gasteiger partial charge in [-0.05, 0) is 79.1 Å². The van der Waals surface area contributed by atoms with Gasteiger partial charge in [0.05, 0.1) is 17.6 Å². The monoisotopic (exact) mass is 604 g/mol. The third-order valence-corrected chi connectivity index (χ3v) is 9.01. The standard InChI is InChI=1S/C27H26BrClN2O5S/c1-36-27(33)21-6-4-19(5-7-21)17-31(37(34,35)25-14-12-23(29)13-15-25)24-3-2-16-30(18-24)26(32)20-8-10-22(28)11-9-20/h4-15,24H,2-3,16-18H2,1H3. The maximum atomic E-state index is 13.9. The van der Waals surface area contributed by atoms with E-state index in [1.165, 1.54) is 23.5 Å². The molecule has 1 heterocycles. The molecule has 3 aromatic carbocycles. The van der Waals surface area contributed by atoms with E-state index >= 15 is 0 Å². The highest BCUT2D eigenvalue weighted by Crippen LogP contribution is 2.28. The Balaban J connectivity index is 1.64. The summed E-state index contributed by atoms with van der Waals surface area (Å²) in [5.41, 5.74) is 1.64. The van der Waals surface area contributed by atoms with Crippen molar-refractivity contribution >= 4 is 49.4 Å². The first-order valence-corrected chi connectivity index (χ1v) is 14.3. The first-order chi connectivity index (χ1) is 17.7. The summed E-state index contributed by atoms with van der Waals surface area (Å²) >= 11 is 9.38. The highest BCUT2D eigenvalue weighted by molar-refractivity contribution is 9.10. The zero-order valence-electron chi connectivity index (χ0n) is 20.1. The van der Waals surface area contributed by atoms with Gasteiger partial charge >= 0.3 is 5.97 Å². The van der Waals surface area contributed by atoms with Crippen molar-refractivity contribution in [3.63, 3.8) is 0 Å². The smallest absolute Gasteiger partial charge is 0.337 e. The molecule has 0 N–H and O–H groups in total. The number of halogens is 2. The van der Waals surface area contributed by atoms with E-state index in [9.17, 15) is 18.0 Å². The van der Waals surface area contributed by atoms with Crippen LogP contribution in [0.4, 0.5) is 0 Å². The third kappa shape index (κ3) is 6.41. The number of carbonyl (C=O) groups excluding carboxylic acids is 2. The second kappa shape index (κ2) is 11.8. The second-order valence-electron chi connectivity index (χ2n) is 8.75. The van der Waals surface area contributed by atoms with Gasteiger partial charge in [-0.2, -0.15) is 4.31 Å². The average Bonchev–Trinajstić information content (AvgIpc) is 2.92. The number of methoxy groups -OCH3 is 1. The van der Waals surface area contributed by atoms with Crippen LogP contribution in [-0.2, 0) is 21.3 Å². The fraction of sp³-hybridized carbons (Fsp3) is 0.259. The molecule has 0 spiro atoms. The van der Waals surface area contributed by atoms with Crippen molar-refractivity contribution in [3.8, 4) is 0 Å². The molecule has 194 valence electrons. The molecule has 0 bridgehead atoms. The van der Waals surface area contributed by atoms with E-state index < -0.39 is 22.0 Å². The summed E-state index contributed by atoms with van der Waals surface area (Å²) in [6.45, 7) is 0.896. The van der Waals surface area contributed by atoms with E-state index in [-0.39, 0.29) is 23.9 Å². The summed E-state index contributed by atoms with van der Waals surface area (Å²) in [7, 11) is -2.62. The van der Waals surface area contributed by atoms with Crippen molar-refractivity contribution in [1.82, 2.24) is 9.21 Å². The number of hydrogen-bond donors (Lipinski definition) is 0. The lowest BCUT2D eigenvalue weighted by molar-refractivity contribution is 0.0600. The molecule has 10 heteroatoms. The van der Waals surface area contributed by atoms with Crippen LogP contribution in [0.25, 0.3) is 0 Å². The van der Waals surface area contributed by atoms with Crippen LogP contribution < -0.4 is 0 Å². The summed E-state index contributed by atoms with van der Waals surface area (Å²) in [5, 5.41) is 0.438. The number of likely N-dealkylation sites (tertiary alicyclic amines) is 1. The van der Waals surface area contributed by atoms with Crippen LogP contribution >= 0.6 is 27.5 Å². The number of rotatable bonds is 7. The highest BCUT2D eigenvalue weighted by atomic mass is 79.9. The quantitative estimate of drug-likeness (QED) is 0.338. The first kappa shape index (κ1) is 27.3. The van der Waals surface area contributed by atoms with Gasteiger partial charge in [-0.15, -0.1) is 0 Å². The largest absolute Gasteiger partial charge is 0.465 e. The fourth-order valence-corrected chi connectivity index (χ4v) is 6.37. The summed E-state index contributed by atoms with van der Waals surface area (Å²) in [6, 6.07) is 19.4. The van der Waals surface area contributed by atoms with Crippen LogP contribution in [0.5, 0.6) is 0 Å². The van der Waals surface area contributed by atoms with Crippen molar-refractivity contribution in [1.29, 1.82) is 0 Å². The number of carbonyl (C=O) groups is 2. The van der Waals surface area contributed by atoms with Crippen LogP contribution in [0.3, 0.4) is 0 Å². The molecule has 1 aliphatic heterocycles. The highest BCUT2D eigenvalue weighted by Gasteiger charge is 2.36. The Bertz CT molecular complexity index is 1360. The van der Waals surface area contributed by atoms with E-state index in [4.69, 9.17) is 16.3 Å². The molecule has 1 aliphatic rings. The Kier molecular flexibility index (Phi) is 8.69. The van der Waals surface area contributed by atoms with Gasteiger partial charge in [0.2, 0.25) is 10.0 Å². The van der Waals surface area contributed by atoms with Gasteiger partial charge in [-0.1, -0.05) is 39.7 Å². The van der Waals surface area contributed by atoms with Crippen LogP contribution in [0, 0.1) is 0 Å². The second-order valence-corrected chi connectivity index (χ2v) is 12.0. The zero-order valence-corrected chi connectivity index (χ0v) is 23.3. The first-order valence-electron chi connectivity index (χ1n) is 11.7. The van der Waals surface area contributed by atoms with Crippen molar-refractivity contribution < 1.29 is 22.7 Å². The Morgan fingerprint density at radius 3 is 2.24 bits per heavy atom. The fourth-order valence-electron chi connectivity index (χ4n) is 4.35. The Hall–Kier alpha value is -2.72.